The minimum Gasteiger partial charge on any atom is -0.513 e. The maximum Gasteiger partial charge on any atom is 2.00 e. The summed E-state index contributed by atoms with van der Waals surface area (Å²) in [6.07, 6.45) is 1.88. The van der Waals surface area contributed by atoms with Crippen LogP contribution in [0, 0.1) is 0 Å². The molecule has 17 heteroatoms. The third-order valence-electron chi connectivity index (χ3n) is 6.20. The van der Waals surface area contributed by atoms with E-state index in [-0.39, 0.29) is 28.0 Å². The fraction of sp³-hybridized carbons (Fsp3) is 0.0526. The van der Waals surface area contributed by atoms with Crippen molar-refractivity contribution in [3.05, 3.63) is 179 Å². The Kier molecular flexibility index (Phi) is 18.5. The molecule has 0 radical (unpaired) electrons. The molecular weight excluding hydrogens is 751 g/mol. The van der Waals surface area contributed by atoms with Crippen LogP contribution in [0.4, 0.5) is 22.7 Å². The second-order valence-electron chi connectivity index (χ2n) is 10.7. The SMILES string of the molecule is C/C(O)=C/C(=[N-])N=N/C(C(=O)Nc1ccccc1)=C(\O)Nc1ccccc1.C/C(O)=C/C(=[N-])N=N/C(C(=O)Nc1ccccc1)=C(\O)Nc1ccccc1.[Ni+2]. The number of nitrogens with one attached hydrogen (secondary N) is 4. The van der Waals surface area contributed by atoms with E-state index in [0.29, 0.717) is 22.7 Å². The van der Waals surface area contributed by atoms with Gasteiger partial charge in [0.2, 0.25) is 11.8 Å². The van der Waals surface area contributed by atoms with E-state index < -0.39 is 46.6 Å². The monoisotopic (exact) mass is 786 g/mol. The Morgan fingerprint density at radius 2 is 0.727 bits per heavy atom. The van der Waals surface area contributed by atoms with Crippen LogP contribution in [0.3, 0.4) is 0 Å². The Balaban J connectivity index is 0.000000373. The summed E-state index contributed by atoms with van der Waals surface area (Å²) >= 11 is 0. The third kappa shape index (κ3) is 16.7. The molecule has 8 N–H and O–H groups in total. The smallest absolute Gasteiger partial charge is 0.513 e. The maximum absolute atomic E-state index is 12.5. The van der Waals surface area contributed by atoms with Crippen LogP contribution >= 0.6 is 0 Å². The van der Waals surface area contributed by atoms with Crippen molar-refractivity contribution in [3.63, 3.8) is 0 Å². The van der Waals surface area contributed by atoms with Crippen molar-refractivity contribution in [1.29, 1.82) is 0 Å². The molecule has 2 amide bonds. The van der Waals surface area contributed by atoms with Crippen LogP contribution < -0.4 is 21.3 Å². The van der Waals surface area contributed by atoms with E-state index in [1.807, 2.05) is 0 Å². The van der Waals surface area contributed by atoms with Gasteiger partial charge in [-0.15, -0.1) is 0 Å². The standard InChI is InChI=1S/2C19H18N5O3.Ni/c2*1-13(25)12-16(20)23-24-17(18(26)21-14-8-4-2-5-9-14)19(27)22-15-10-6-3-7-11-15;/h2*2-12,21,25-26H,1H3,(H,22,27);/q2*-1;+2/b2*13-12-,18-17-,24-23?;. The van der Waals surface area contributed by atoms with Crippen molar-refractivity contribution in [1.82, 2.24) is 0 Å². The molecule has 0 aliphatic carbocycles. The Hall–Kier alpha value is -7.39. The van der Waals surface area contributed by atoms with E-state index in [1.54, 1.807) is 121 Å². The van der Waals surface area contributed by atoms with Gasteiger partial charge in [0.25, 0.3) is 11.8 Å². The van der Waals surface area contributed by atoms with Gasteiger partial charge < -0.3 is 62.7 Å². The molecule has 0 unspecified atom stereocenters. The molecule has 0 atom stereocenters. The van der Waals surface area contributed by atoms with Gasteiger partial charge in [-0.25, -0.2) is 10.2 Å². The topological polar surface area (TPSA) is 257 Å². The van der Waals surface area contributed by atoms with Crippen molar-refractivity contribution in [2.75, 3.05) is 21.3 Å². The third-order valence-corrected chi connectivity index (χ3v) is 6.20. The molecule has 4 rings (SSSR count). The van der Waals surface area contributed by atoms with E-state index in [2.05, 4.69) is 41.7 Å². The number of hydrogen-bond acceptors (Lipinski definition) is 10. The Labute approximate surface area is 326 Å². The number of carbonyl (C=O) groups excluding carboxylic acids is 2. The zero-order valence-corrected chi connectivity index (χ0v) is 30.3. The first-order valence-electron chi connectivity index (χ1n) is 15.8. The summed E-state index contributed by atoms with van der Waals surface area (Å²) in [6, 6.07) is 34.5. The first kappa shape index (κ1) is 43.8. The summed E-state index contributed by atoms with van der Waals surface area (Å²) in [4.78, 5) is 25.0. The van der Waals surface area contributed by atoms with E-state index in [0.717, 1.165) is 12.2 Å². The molecular formula is C38H36N10NiO6. The predicted octanol–water partition coefficient (Wildman–Crippen LogP) is 8.69. The van der Waals surface area contributed by atoms with Crippen molar-refractivity contribution in [2.24, 2.45) is 20.5 Å². The quantitative estimate of drug-likeness (QED) is 0.0172. The molecule has 0 heterocycles. The van der Waals surface area contributed by atoms with Gasteiger partial charge in [-0.1, -0.05) is 72.8 Å². The number of para-hydroxylation sites is 4. The maximum atomic E-state index is 12.5. The van der Waals surface area contributed by atoms with Gasteiger partial charge >= 0.3 is 16.5 Å². The van der Waals surface area contributed by atoms with Gasteiger partial charge in [0, 0.05) is 22.7 Å². The van der Waals surface area contributed by atoms with E-state index in [1.165, 1.54) is 13.8 Å². The number of hydrogen-bond donors (Lipinski definition) is 8. The molecule has 0 saturated heterocycles. The molecule has 0 aliphatic rings. The summed E-state index contributed by atoms with van der Waals surface area (Å²) in [5.41, 5.74) is 1.10. The zero-order chi connectivity index (χ0) is 39.3. The first-order valence-corrected chi connectivity index (χ1v) is 15.8. The van der Waals surface area contributed by atoms with Crippen molar-refractivity contribution in [3.8, 4) is 0 Å². The Bertz CT molecular complexity index is 1930. The molecule has 4 aromatic carbocycles. The molecule has 16 nitrogen and oxygen atoms in total. The van der Waals surface area contributed by atoms with Crippen molar-refractivity contribution >= 4 is 46.2 Å². The number of anilines is 4. The Morgan fingerprint density at radius 1 is 0.473 bits per heavy atom. The molecule has 0 aromatic heterocycles. The average Bonchev–Trinajstić information content (AvgIpc) is 3.13. The number of azo groups is 2. The summed E-state index contributed by atoms with van der Waals surface area (Å²) in [7, 11) is 0. The number of rotatable bonds is 12. The van der Waals surface area contributed by atoms with Gasteiger partial charge in [0.15, 0.2) is 11.4 Å². The van der Waals surface area contributed by atoms with Crippen LogP contribution in [-0.2, 0) is 26.1 Å². The van der Waals surface area contributed by atoms with E-state index >= 15 is 0 Å². The molecule has 0 spiro atoms. The largest absolute Gasteiger partial charge is 2.00 e. The number of benzene rings is 4. The fourth-order valence-corrected chi connectivity index (χ4v) is 3.89. The van der Waals surface area contributed by atoms with Crippen LogP contribution in [0.2, 0.25) is 0 Å². The van der Waals surface area contributed by atoms with Gasteiger partial charge in [-0.05, 0) is 86.2 Å². The van der Waals surface area contributed by atoms with Crippen LogP contribution in [0.25, 0.3) is 10.8 Å². The number of aliphatic hydroxyl groups excluding tert-OH is 4. The van der Waals surface area contributed by atoms with Gasteiger partial charge in [-0.3, -0.25) is 9.59 Å². The first-order chi connectivity index (χ1) is 25.9. The zero-order valence-electron chi connectivity index (χ0n) is 29.3. The number of carbonyl (C=O) groups is 2. The average molecular weight is 787 g/mol. The molecule has 0 aliphatic heterocycles. The molecule has 0 fully saturated rings. The van der Waals surface area contributed by atoms with Crippen LogP contribution in [-0.4, -0.2) is 43.9 Å². The second-order valence-corrected chi connectivity index (χ2v) is 10.7. The molecule has 4 aromatic rings. The summed E-state index contributed by atoms with van der Waals surface area (Å²) < 4.78 is 0. The summed E-state index contributed by atoms with van der Waals surface area (Å²) in [6.45, 7) is 2.66. The van der Waals surface area contributed by atoms with E-state index in [9.17, 15) is 30.6 Å². The molecule has 284 valence electrons. The summed E-state index contributed by atoms with van der Waals surface area (Å²) in [5.74, 6) is -4.27. The second kappa shape index (κ2) is 23.2. The van der Waals surface area contributed by atoms with E-state index in [4.69, 9.17) is 10.2 Å². The Morgan fingerprint density at radius 3 is 0.982 bits per heavy atom. The van der Waals surface area contributed by atoms with Gasteiger partial charge in [-0.2, -0.15) is 0 Å². The number of amides is 2. The predicted molar refractivity (Wildman–Crippen MR) is 209 cm³/mol. The number of aliphatic hydroxyl groups is 4. The van der Waals surface area contributed by atoms with Gasteiger partial charge in [0.1, 0.15) is 0 Å². The minimum absolute atomic E-state index is 0. The van der Waals surface area contributed by atoms with Crippen LogP contribution in [0.5, 0.6) is 0 Å². The van der Waals surface area contributed by atoms with Crippen LogP contribution in [0.1, 0.15) is 13.8 Å². The number of allylic oxidation sites excluding steroid dienone is 2. The number of amidine groups is 2. The van der Waals surface area contributed by atoms with Crippen LogP contribution in [0.15, 0.2) is 189 Å². The normalized spacial score (nSPS) is 12.2. The van der Waals surface area contributed by atoms with Crippen molar-refractivity contribution in [2.45, 2.75) is 13.8 Å². The minimum atomic E-state index is -0.747. The number of nitrogens with zero attached hydrogens (tertiary/aromatic N) is 6. The summed E-state index contributed by atoms with van der Waals surface area (Å²) in [5, 5.41) is 82.5. The molecule has 55 heavy (non-hydrogen) atoms. The van der Waals surface area contributed by atoms with Gasteiger partial charge in [0.05, 0.1) is 11.5 Å². The molecule has 0 bridgehead atoms. The van der Waals surface area contributed by atoms with Crippen molar-refractivity contribution < 1.29 is 46.5 Å². The molecule has 0 saturated carbocycles. The fourth-order valence-electron chi connectivity index (χ4n) is 3.89.